The number of hydrogen-bond donors (Lipinski definition) is 0. The van der Waals surface area contributed by atoms with Crippen LogP contribution in [0.5, 0.6) is 0 Å². The van der Waals surface area contributed by atoms with Crippen LogP contribution in [0.4, 0.5) is 13.2 Å². The van der Waals surface area contributed by atoms with E-state index in [0.717, 1.165) is 0 Å². The number of benzene rings is 1. The van der Waals surface area contributed by atoms with Crippen LogP contribution in [-0.2, 0) is 9.84 Å². The highest BCUT2D eigenvalue weighted by Crippen LogP contribution is 2.28. The van der Waals surface area contributed by atoms with Gasteiger partial charge in [0.2, 0.25) is 0 Å². The van der Waals surface area contributed by atoms with Crippen molar-refractivity contribution in [1.29, 1.82) is 5.26 Å². The van der Waals surface area contributed by atoms with Gasteiger partial charge in [-0.2, -0.15) is 18.4 Å². The van der Waals surface area contributed by atoms with Crippen molar-refractivity contribution in [2.24, 2.45) is 0 Å². The van der Waals surface area contributed by atoms with Crippen LogP contribution in [0.1, 0.15) is 48.5 Å². The van der Waals surface area contributed by atoms with Crippen molar-refractivity contribution in [1.82, 2.24) is 0 Å². The fourth-order valence-electron chi connectivity index (χ4n) is 2.21. The number of alkyl halides is 3. The Morgan fingerprint density at radius 2 is 1.83 bits per heavy atom. The average Bonchev–Trinajstić information content (AvgIpc) is 2.49. The van der Waals surface area contributed by atoms with Gasteiger partial charge in [-0.1, -0.05) is 31.9 Å². The first-order valence-electron chi connectivity index (χ1n) is 7.40. The Balaban J connectivity index is 2.93. The number of hydrogen-bond acceptors (Lipinski definition) is 4. The third kappa shape index (κ3) is 6.32. The number of sulfone groups is 1. The van der Waals surface area contributed by atoms with Crippen LogP contribution in [0.25, 0.3) is 0 Å². The van der Waals surface area contributed by atoms with E-state index in [1.165, 1.54) is 24.3 Å². The van der Waals surface area contributed by atoms with Crippen molar-refractivity contribution in [3.63, 3.8) is 0 Å². The Bertz CT molecular complexity index is 704. The van der Waals surface area contributed by atoms with Crippen molar-refractivity contribution >= 4 is 15.6 Å². The molecule has 24 heavy (non-hydrogen) atoms. The fourth-order valence-corrected chi connectivity index (χ4v) is 3.95. The zero-order valence-corrected chi connectivity index (χ0v) is 14.0. The van der Waals surface area contributed by atoms with Gasteiger partial charge in [-0.15, -0.1) is 0 Å². The summed E-state index contributed by atoms with van der Waals surface area (Å²) < 4.78 is 62.4. The van der Waals surface area contributed by atoms with E-state index in [0.29, 0.717) is 18.4 Å². The number of ketones is 1. The summed E-state index contributed by atoms with van der Waals surface area (Å²) in [5, 5.41) is 7.07. The standard InChI is InChI=1S/C16H18F3NO3S/c1-2-3-4-14(9-16(17,18)19)24(22,23)11-15(21)13-7-5-12(10-20)6-8-13/h5-8,14H,2-4,9,11H2,1H3. The van der Waals surface area contributed by atoms with Gasteiger partial charge in [-0.3, -0.25) is 4.79 Å². The van der Waals surface area contributed by atoms with E-state index >= 15 is 0 Å². The van der Waals surface area contributed by atoms with Crippen LogP contribution in [0.15, 0.2) is 24.3 Å². The predicted molar refractivity (Wildman–Crippen MR) is 83.3 cm³/mol. The smallest absolute Gasteiger partial charge is 0.293 e. The van der Waals surface area contributed by atoms with E-state index < -0.39 is 39.2 Å². The van der Waals surface area contributed by atoms with Gasteiger partial charge in [0.1, 0.15) is 5.75 Å². The second-order valence-electron chi connectivity index (χ2n) is 5.50. The largest absolute Gasteiger partial charge is 0.390 e. The monoisotopic (exact) mass is 361 g/mol. The van der Waals surface area contributed by atoms with E-state index in [4.69, 9.17) is 5.26 Å². The summed E-state index contributed by atoms with van der Waals surface area (Å²) in [4.78, 5) is 12.1. The Kier molecular flexibility index (Phi) is 6.96. The molecule has 0 aliphatic rings. The van der Waals surface area contributed by atoms with Gasteiger partial charge in [0.25, 0.3) is 0 Å². The van der Waals surface area contributed by atoms with Crippen LogP contribution in [0.3, 0.4) is 0 Å². The molecule has 0 spiro atoms. The molecule has 0 aliphatic carbocycles. The topological polar surface area (TPSA) is 75.0 Å². The van der Waals surface area contributed by atoms with Crippen LogP contribution in [0.2, 0.25) is 0 Å². The van der Waals surface area contributed by atoms with Crippen molar-refractivity contribution < 1.29 is 26.4 Å². The van der Waals surface area contributed by atoms with Gasteiger partial charge in [-0.05, 0) is 18.6 Å². The molecule has 0 aliphatic heterocycles. The Hall–Kier alpha value is -1.88. The molecule has 1 aromatic carbocycles. The minimum atomic E-state index is -4.61. The lowest BCUT2D eigenvalue weighted by atomic mass is 10.1. The summed E-state index contributed by atoms with van der Waals surface area (Å²) in [7, 11) is -4.23. The molecule has 0 saturated carbocycles. The number of halogens is 3. The molecular formula is C16H18F3NO3S. The first-order chi connectivity index (χ1) is 11.1. The molecular weight excluding hydrogens is 343 g/mol. The Labute approximate surface area is 139 Å². The first-order valence-corrected chi connectivity index (χ1v) is 9.12. The highest BCUT2D eigenvalue weighted by Gasteiger charge is 2.38. The molecule has 0 heterocycles. The lowest BCUT2D eigenvalue weighted by molar-refractivity contribution is -0.134. The van der Waals surface area contributed by atoms with E-state index in [-0.39, 0.29) is 12.0 Å². The van der Waals surface area contributed by atoms with Gasteiger partial charge in [0.15, 0.2) is 15.6 Å². The van der Waals surface area contributed by atoms with Crippen LogP contribution < -0.4 is 0 Å². The summed E-state index contributed by atoms with van der Waals surface area (Å²) in [6, 6.07) is 7.14. The predicted octanol–water partition coefficient (Wildman–Crippen LogP) is 3.67. The molecule has 132 valence electrons. The second-order valence-corrected chi connectivity index (χ2v) is 7.78. The number of nitrogens with zero attached hydrogens (tertiary/aromatic N) is 1. The summed E-state index contributed by atoms with van der Waals surface area (Å²) in [5.74, 6) is -1.74. The molecule has 0 aromatic heterocycles. The summed E-state index contributed by atoms with van der Waals surface area (Å²) in [6.45, 7) is 1.75. The molecule has 1 rings (SSSR count). The van der Waals surface area contributed by atoms with Gasteiger partial charge >= 0.3 is 6.18 Å². The van der Waals surface area contributed by atoms with E-state index in [1.54, 1.807) is 6.92 Å². The zero-order valence-electron chi connectivity index (χ0n) is 13.1. The van der Waals surface area contributed by atoms with Crippen LogP contribution in [0, 0.1) is 11.3 Å². The minimum absolute atomic E-state index is 0.0545. The maximum Gasteiger partial charge on any atom is 0.390 e. The van der Waals surface area contributed by atoms with Crippen molar-refractivity contribution in [2.45, 2.75) is 44.0 Å². The molecule has 1 aromatic rings. The first kappa shape index (κ1) is 20.2. The van der Waals surface area contributed by atoms with Gasteiger partial charge < -0.3 is 0 Å². The Morgan fingerprint density at radius 1 is 1.25 bits per heavy atom. The number of carbonyl (C=O) groups is 1. The van der Waals surface area contributed by atoms with Gasteiger partial charge in [0, 0.05) is 5.56 Å². The molecule has 8 heteroatoms. The summed E-state index contributed by atoms with van der Waals surface area (Å²) in [6.07, 6.45) is -5.28. The highest BCUT2D eigenvalue weighted by molar-refractivity contribution is 7.92. The normalized spacial score (nSPS) is 13.3. The second kappa shape index (κ2) is 8.29. The number of rotatable bonds is 8. The molecule has 1 atom stereocenters. The summed E-state index contributed by atoms with van der Waals surface area (Å²) in [5.41, 5.74) is 0.353. The number of carbonyl (C=O) groups excluding carboxylic acids is 1. The number of nitriles is 1. The molecule has 0 amide bonds. The van der Waals surface area contributed by atoms with Crippen LogP contribution in [-0.4, -0.2) is 31.4 Å². The van der Waals surface area contributed by atoms with Crippen molar-refractivity contribution in [3.05, 3.63) is 35.4 Å². The quantitative estimate of drug-likeness (QED) is 0.662. The maximum atomic E-state index is 12.6. The zero-order chi connectivity index (χ0) is 18.4. The molecule has 0 fully saturated rings. The molecule has 0 bridgehead atoms. The Morgan fingerprint density at radius 3 is 2.29 bits per heavy atom. The summed E-state index contributed by atoms with van der Waals surface area (Å²) >= 11 is 0. The fraction of sp³-hybridized carbons (Fsp3) is 0.500. The molecule has 0 N–H and O–H groups in total. The lowest BCUT2D eigenvalue weighted by Gasteiger charge is -2.18. The average molecular weight is 361 g/mol. The maximum absolute atomic E-state index is 12.6. The van der Waals surface area contributed by atoms with Crippen molar-refractivity contribution in [3.8, 4) is 6.07 Å². The lowest BCUT2D eigenvalue weighted by Crippen LogP contribution is -2.32. The third-order valence-corrected chi connectivity index (χ3v) is 5.60. The van der Waals surface area contributed by atoms with E-state index in [9.17, 15) is 26.4 Å². The third-order valence-electron chi connectivity index (χ3n) is 3.51. The van der Waals surface area contributed by atoms with Crippen molar-refractivity contribution in [2.75, 3.05) is 5.75 Å². The van der Waals surface area contributed by atoms with E-state index in [2.05, 4.69) is 0 Å². The number of Topliss-reactive ketones (excluding diaryl/α,β-unsaturated/α-hetero) is 1. The molecule has 0 saturated heterocycles. The highest BCUT2D eigenvalue weighted by atomic mass is 32.2. The van der Waals surface area contributed by atoms with E-state index in [1.807, 2.05) is 6.07 Å². The molecule has 0 radical (unpaired) electrons. The SMILES string of the molecule is CCCCC(CC(F)(F)F)S(=O)(=O)CC(=O)c1ccc(C#N)cc1. The van der Waals surface area contributed by atoms with Crippen LogP contribution >= 0.6 is 0 Å². The van der Waals surface area contributed by atoms with Gasteiger partial charge in [0.05, 0.1) is 23.3 Å². The number of unbranched alkanes of at least 4 members (excludes halogenated alkanes) is 1. The molecule has 4 nitrogen and oxygen atoms in total. The minimum Gasteiger partial charge on any atom is -0.293 e. The van der Waals surface area contributed by atoms with Gasteiger partial charge in [-0.25, -0.2) is 8.42 Å². The molecule has 1 unspecified atom stereocenters.